The largest absolute Gasteiger partial charge is 0.495 e. The zero-order valence-corrected chi connectivity index (χ0v) is 15.3. The number of rotatable bonds is 7. The standard InChI is InChI=1S/C16H19N3O3S2/c1-10-4-5-13(22-3)12(6-10)19-14(20)7-17-15(21)9-24-16-18-11(2)8-23-16/h4-6,8H,7,9H2,1-3H3,(H,17,21)(H,19,20). The fraction of sp³-hybridized carbons (Fsp3) is 0.312. The van der Waals surface area contributed by atoms with Crippen molar-refractivity contribution in [2.75, 3.05) is 24.7 Å². The van der Waals surface area contributed by atoms with Gasteiger partial charge in [0.15, 0.2) is 4.34 Å². The van der Waals surface area contributed by atoms with Crippen LogP contribution in [-0.4, -0.2) is 36.2 Å². The number of aromatic nitrogens is 1. The Balaban J connectivity index is 1.78. The molecule has 2 N–H and O–H groups in total. The number of thiazole rings is 1. The first-order chi connectivity index (χ1) is 11.5. The second-order valence-corrected chi connectivity index (χ2v) is 7.15. The van der Waals surface area contributed by atoms with Crippen molar-refractivity contribution in [3.8, 4) is 5.75 Å². The van der Waals surface area contributed by atoms with Crippen LogP contribution in [0.5, 0.6) is 5.75 Å². The number of hydrogen-bond donors (Lipinski definition) is 2. The number of amides is 2. The van der Waals surface area contributed by atoms with E-state index in [1.807, 2.05) is 31.4 Å². The minimum atomic E-state index is -0.303. The molecule has 1 aromatic heterocycles. The van der Waals surface area contributed by atoms with E-state index in [9.17, 15) is 9.59 Å². The minimum Gasteiger partial charge on any atom is -0.495 e. The number of ether oxygens (including phenoxy) is 1. The van der Waals surface area contributed by atoms with Gasteiger partial charge in [-0.05, 0) is 31.5 Å². The van der Waals surface area contributed by atoms with E-state index in [1.54, 1.807) is 13.2 Å². The molecule has 8 heteroatoms. The summed E-state index contributed by atoms with van der Waals surface area (Å²) in [6.07, 6.45) is 0. The molecule has 0 radical (unpaired) electrons. The number of carbonyl (C=O) groups is 2. The van der Waals surface area contributed by atoms with E-state index in [2.05, 4.69) is 15.6 Å². The Bertz CT molecular complexity index is 731. The maximum atomic E-state index is 12.0. The van der Waals surface area contributed by atoms with Gasteiger partial charge in [0, 0.05) is 11.1 Å². The van der Waals surface area contributed by atoms with Gasteiger partial charge < -0.3 is 15.4 Å². The van der Waals surface area contributed by atoms with E-state index < -0.39 is 0 Å². The lowest BCUT2D eigenvalue weighted by Gasteiger charge is -2.11. The molecule has 0 aliphatic rings. The zero-order chi connectivity index (χ0) is 17.5. The molecular weight excluding hydrogens is 346 g/mol. The topological polar surface area (TPSA) is 80.3 Å². The predicted octanol–water partition coefficient (Wildman–Crippen LogP) is 2.62. The maximum absolute atomic E-state index is 12.0. The first-order valence-electron chi connectivity index (χ1n) is 7.24. The summed E-state index contributed by atoms with van der Waals surface area (Å²) < 4.78 is 6.05. The van der Waals surface area contributed by atoms with Crippen LogP contribution in [0, 0.1) is 13.8 Å². The normalized spacial score (nSPS) is 10.3. The third-order valence-corrected chi connectivity index (χ3v) is 5.14. The molecule has 6 nitrogen and oxygen atoms in total. The fourth-order valence-corrected chi connectivity index (χ4v) is 3.55. The number of carbonyl (C=O) groups excluding carboxylic acids is 2. The summed E-state index contributed by atoms with van der Waals surface area (Å²) in [6, 6.07) is 5.50. The van der Waals surface area contributed by atoms with Crippen LogP contribution in [0.25, 0.3) is 0 Å². The molecule has 1 heterocycles. The highest BCUT2D eigenvalue weighted by Crippen LogP contribution is 2.25. The van der Waals surface area contributed by atoms with Gasteiger partial charge in [-0.3, -0.25) is 9.59 Å². The Labute approximate surface area is 149 Å². The van der Waals surface area contributed by atoms with Crippen molar-refractivity contribution < 1.29 is 14.3 Å². The molecule has 2 rings (SSSR count). The van der Waals surface area contributed by atoms with Crippen molar-refractivity contribution in [3.05, 3.63) is 34.8 Å². The van der Waals surface area contributed by atoms with Gasteiger partial charge >= 0.3 is 0 Å². The van der Waals surface area contributed by atoms with Crippen molar-refractivity contribution in [1.29, 1.82) is 0 Å². The zero-order valence-electron chi connectivity index (χ0n) is 13.7. The molecule has 2 amide bonds. The Hall–Kier alpha value is -2.06. The summed E-state index contributed by atoms with van der Waals surface area (Å²) in [5.74, 6) is 0.296. The van der Waals surface area contributed by atoms with E-state index in [-0.39, 0.29) is 24.1 Å². The Kier molecular flexibility index (Phi) is 6.62. The predicted molar refractivity (Wildman–Crippen MR) is 96.9 cm³/mol. The van der Waals surface area contributed by atoms with Gasteiger partial charge in [-0.15, -0.1) is 11.3 Å². The van der Waals surface area contributed by atoms with Crippen LogP contribution in [0.4, 0.5) is 5.69 Å². The quantitative estimate of drug-likeness (QED) is 0.737. The molecule has 0 unspecified atom stereocenters. The van der Waals surface area contributed by atoms with Gasteiger partial charge in [0.05, 0.1) is 25.1 Å². The smallest absolute Gasteiger partial charge is 0.243 e. The van der Waals surface area contributed by atoms with Crippen LogP contribution in [0.2, 0.25) is 0 Å². The Morgan fingerprint density at radius 2 is 2.08 bits per heavy atom. The second-order valence-electron chi connectivity index (χ2n) is 5.07. The summed E-state index contributed by atoms with van der Waals surface area (Å²) in [5, 5.41) is 7.27. The lowest BCUT2D eigenvalue weighted by molar-refractivity contribution is -0.122. The highest BCUT2D eigenvalue weighted by molar-refractivity contribution is 8.01. The second kappa shape index (κ2) is 8.70. The summed E-state index contributed by atoms with van der Waals surface area (Å²) >= 11 is 2.86. The summed E-state index contributed by atoms with van der Waals surface area (Å²) in [7, 11) is 1.54. The van der Waals surface area contributed by atoms with E-state index in [0.717, 1.165) is 15.6 Å². The van der Waals surface area contributed by atoms with Crippen LogP contribution in [0.1, 0.15) is 11.3 Å². The Morgan fingerprint density at radius 1 is 1.29 bits per heavy atom. The lowest BCUT2D eigenvalue weighted by Crippen LogP contribution is -2.33. The first-order valence-corrected chi connectivity index (χ1v) is 9.10. The number of nitrogens with zero attached hydrogens (tertiary/aromatic N) is 1. The van der Waals surface area contributed by atoms with Gasteiger partial charge in [0.2, 0.25) is 11.8 Å². The van der Waals surface area contributed by atoms with Gasteiger partial charge in [-0.2, -0.15) is 0 Å². The molecule has 2 aromatic rings. The van der Waals surface area contributed by atoms with Crippen LogP contribution in [0.15, 0.2) is 27.9 Å². The first kappa shape index (κ1) is 18.3. The van der Waals surface area contributed by atoms with Crippen molar-refractivity contribution in [2.24, 2.45) is 0 Å². The average molecular weight is 365 g/mol. The SMILES string of the molecule is COc1ccc(C)cc1NC(=O)CNC(=O)CSc1nc(C)cs1. The van der Waals surface area contributed by atoms with Gasteiger partial charge in [-0.1, -0.05) is 17.8 Å². The van der Waals surface area contributed by atoms with Crippen molar-refractivity contribution >= 4 is 40.6 Å². The third kappa shape index (κ3) is 5.54. The van der Waals surface area contributed by atoms with E-state index in [1.165, 1.54) is 23.1 Å². The summed E-state index contributed by atoms with van der Waals surface area (Å²) in [5.41, 5.74) is 2.53. The molecule has 24 heavy (non-hydrogen) atoms. The number of anilines is 1. The van der Waals surface area contributed by atoms with E-state index >= 15 is 0 Å². The monoisotopic (exact) mass is 365 g/mol. The van der Waals surface area contributed by atoms with E-state index in [0.29, 0.717) is 11.4 Å². The van der Waals surface area contributed by atoms with Crippen LogP contribution in [-0.2, 0) is 9.59 Å². The highest BCUT2D eigenvalue weighted by atomic mass is 32.2. The number of thioether (sulfide) groups is 1. The van der Waals surface area contributed by atoms with Crippen LogP contribution in [0.3, 0.4) is 0 Å². The molecule has 0 aliphatic carbocycles. The molecular formula is C16H19N3O3S2. The number of hydrogen-bond acceptors (Lipinski definition) is 6. The molecule has 0 atom stereocenters. The molecule has 0 saturated carbocycles. The molecule has 0 bridgehead atoms. The minimum absolute atomic E-state index is 0.0899. The molecule has 128 valence electrons. The van der Waals surface area contributed by atoms with Crippen LogP contribution >= 0.6 is 23.1 Å². The molecule has 0 aliphatic heterocycles. The van der Waals surface area contributed by atoms with Crippen molar-refractivity contribution in [2.45, 2.75) is 18.2 Å². The molecule has 0 saturated heterocycles. The highest BCUT2D eigenvalue weighted by Gasteiger charge is 2.10. The average Bonchev–Trinajstić information content (AvgIpc) is 2.97. The summed E-state index contributed by atoms with van der Waals surface area (Å²) in [4.78, 5) is 28.0. The van der Waals surface area contributed by atoms with Crippen molar-refractivity contribution in [3.63, 3.8) is 0 Å². The molecule has 0 fully saturated rings. The maximum Gasteiger partial charge on any atom is 0.243 e. The number of aryl methyl sites for hydroxylation is 2. The van der Waals surface area contributed by atoms with Gasteiger partial charge in [-0.25, -0.2) is 4.98 Å². The van der Waals surface area contributed by atoms with Gasteiger partial charge in [0.1, 0.15) is 5.75 Å². The Morgan fingerprint density at radius 3 is 2.75 bits per heavy atom. The third-order valence-electron chi connectivity index (χ3n) is 3.00. The van der Waals surface area contributed by atoms with Crippen LogP contribution < -0.4 is 15.4 Å². The van der Waals surface area contributed by atoms with Crippen molar-refractivity contribution in [1.82, 2.24) is 10.3 Å². The number of benzene rings is 1. The fourth-order valence-electron chi connectivity index (χ4n) is 1.87. The van der Waals surface area contributed by atoms with Gasteiger partial charge in [0.25, 0.3) is 0 Å². The number of methoxy groups -OCH3 is 1. The molecule has 0 spiro atoms. The summed E-state index contributed by atoms with van der Waals surface area (Å²) in [6.45, 7) is 3.74. The molecule has 1 aromatic carbocycles. The van der Waals surface area contributed by atoms with E-state index in [4.69, 9.17) is 4.74 Å². The number of nitrogens with one attached hydrogen (secondary N) is 2. The lowest BCUT2D eigenvalue weighted by atomic mass is 10.2.